The minimum absolute atomic E-state index is 0.207. The molecule has 0 aromatic heterocycles. The van der Waals surface area contributed by atoms with Crippen molar-refractivity contribution >= 4 is 8.25 Å². The molecule has 1 aromatic carbocycles. The van der Waals surface area contributed by atoms with Crippen molar-refractivity contribution < 1.29 is 23.5 Å². The highest BCUT2D eigenvalue weighted by molar-refractivity contribution is 7.32. The van der Waals surface area contributed by atoms with Crippen molar-refractivity contribution in [2.75, 3.05) is 6.79 Å². The van der Waals surface area contributed by atoms with Gasteiger partial charge in [0.15, 0.2) is 17.1 Å². The van der Waals surface area contributed by atoms with Gasteiger partial charge in [-0.1, -0.05) is 19.9 Å². The number of ether oxygens (including phenoxy) is 2. The second kappa shape index (κ2) is 5.22. The van der Waals surface area contributed by atoms with Crippen LogP contribution in [-0.4, -0.2) is 11.7 Å². The Morgan fingerprint density at radius 1 is 1.33 bits per heavy atom. The van der Waals surface area contributed by atoms with Crippen molar-refractivity contribution in [3.05, 3.63) is 23.8 Å². The lowest BCUT2D eigenvalue weighted by Crippen LogP contribution is -2.25. The largest absolute Gasteiger partial charge is 0.695 e. The molecule has 0 bridgehead atoms. The van der Waals surface area contributed by atoms with Gasteiger partial charge in [0, 0.05) is 4.57 Å². The monoisotopic (exact) mass is 271 g/mol. The van der Waals surface area contributed by atoms with Crippen LogP contribution in [0.2, 0.25) is 0 Å². The first-order valence-corrected chi connectivity index (χ1v) is 6.99. The maximum atomic E-state index is 11.0. The van der Waals surface area contributed by atoms with E-state index in [-0.39, 0.29) is 6.79 Å². The Balaban J connectivity index is 2.39. The van der Waals surface area contributed by atoms with Crippen LogP contribution in [0.5, 0.6) is 11.5 Å². The summed E-state index contributed by atoms with van der Waals surface area (Å²) < 4.78 is 26.8. The van der Waals surface area contributed by atoms with E-state index in [0.717, 1.165) is 5.56 Å². The van der Waals surface area contributed by atoms with Gasteiger partial charge in [0.25, 0.3) is 0 Å². The molecule has 0 saturated heterocycles. The van der Waals surface area contributed by atoms with E-state index < -0.39 is 13.9 Å². The number of fused-ring (bicyclic) bond motifs is 1. The van der Waals surface area contributed by atoms with Gasteiger partial charge < -0.3 is 9.47 Å². The molecule has 0 aliphatic carbocycles. The van der Waals surface area contributed by atoms with E-state index in [1.807, 2.05) is 26.0 Å². The predicted octanol–water partition coefficient (Wildman–Crippen LogP) is 3.10. The lowest BCUT2D eigenvalue weighted by Gasteiger charge is -2.25. The summed E-state index contributed by atoms with van der Waals surface area (Å²) in [6.45, 7) is 4.05. The molecule has 1 aromatic rings. The van der Waals surface area contributed by atoms with Gasteiger partial charge in [0.1, 0.15) is 0 Å². The van der Waals surface area contributed by atoms with Crippen LogP contribution in [0.1, 0.15) is 32.3 Å². The van der Waals surface area contributed by atoms with E-state index in [1.54, 1.807) is 6.07 Å². The highest BCUT2D eigenvalue weighted by Crippen LogP contribution is 2.43. The maximum absolute atomic E-state index is 11.0. The minimum atomic E-state index is -2.65. The van der Waals surface area contributed by atoms with Gasteiger partial charge in [-0.05, 0) is 30.5 Å². The fourth-order valence-corrected chi connectivity index (χ4v) is 2.83. The second-order valence-electron chi connectivity index (χ2n) is 4.10. The lowest BCUT2D eigenvalue weighted by atomic mass is 9.88. The molecule has 1 aliphatic rings. The average molecular weight is 271 g/mol. The van der Waals surface area contributed by atoms with Crippen LogP contribution in [0.15, 0.2) is 18.2 Å². The predicted molar refractivity (Wildman–Crippen MR) is 65.7 cm³/mol. The molecule has 18 heavy (non-hydrogen) atoms. The van der Waals surface area contributed by atoms with Gasteiger partial charge in [0.2, 0.25) is 6.79 Å². The Labute approximate surface area is 107 Å². The van der Waals surface area contributed by atoms with Gasteiger partial charge in [-0.2, -0.15) is 0 Å². The second-order valence-corrected chi connectivity index (χ2v) is 4.76. The van der Waals surface area contributed by atoms with Crippen LogP contribution in [-0.2, 0) is 14.7 Å². The molecule has 5 nitrogen and oxygen atoms in total. The first-order valence-electron chi connectivity index (χ1n) is 5.86. The van der Waals surface area contributed by atoms with Crippen molar-refractivity contribution in [2.24, 2.45) is 0 Å². The Kier molecular flexibility index (Phi) is 3.85. The van der Waals surface area contributed by atoms with E-state index >= 15 is 0 Å². The smallest absolute Gasteiger partial charge is 0.454 e. The number of hydrogen-bond donors (Lipinski definition) is 1. The molecule has 2 rings (SSSR count). The Morgan fingerprint density at radius 3 is 2.61 bits per heavy atom. The Hall–Kier alpha value is -1.16. The molecule has 1 atom stereocenters. The lowest BCUT2D eigenvalue weighted by molar-refractivity contribution is 0.0534. The van der Waals surface area contributed by atoms with Crippen molar-refractivity contribution in [2.45, 2.75) is 32.3 Å². The molecule has 0 fully saturated rings. The van der Waals surface area contributed by atoms with Crippen LogP contribution in [0.3, 0.4) is 0 Å². The third-order valence-corrected chi connectivity index (χ3v) is 3.80. The molecule has 0 saturated carbocycles. The topological polar surface area (TPSA) is 65.0 Å². The third kappa shape index (κ3) is 2.34. The number of rotatable bonds is 5. The molecular formula is C12H16O5P+. The molecular weight excluding hydrogens is 255 g/mol. The summed E-state index contributed by atoms with van der Waals surface area (Å²) in [6, 6.07) is 5.46. The SMILES string of the molecule is CCC(CC)(O[P+](=O)O)c1ccc2c(c1)OCO2. The van der Waals surface area contributed by atoms with Crippen LogP contribution < -0.4 is 9.47 Å². The minimum Gasteiger partial charge on any atom is -0.454 e. The average Bonchev–Trinajstić information content (AvgIpc) is 2.82. The molecule has 1 N–H and O–H groups in total. The summed E-state index contributed by atoms with van der Waals surface area (Å²) in [4.78, 5) is 9.04. The van der Waals surface area contributed by atoms with Gasteiger partial charge in [-0.3, -0.25) is 0 Å². The number of hydrogen-bond acceptors (Lipinski definition) is 4. The molecule has 1 heterocycles. The van der Waals surface area contributed by atoms with Crippen molar-refractivity contribution in [3.63, 3.8) is 0 Å². The maximum Gasteiger partial charge on any atom is 0.695 e. The first kappa shape index (κ1) is 13.3. The summed E-state index contributed by atoms with van der Waals surface area (Å²) >= 11 is 0. The van der Waals surface area contributed by atoms with Crippen LogP contribution in [0.4, 0.5) is 0 Å². The van der Waals surface area contributed by atoms with Crippen LogP contribution in [0.25, 0.3) is 0 Å². The van der Waals surface area contributed by atoms with E-state index in [1.165, 1.54) is 0 Å². The van der Waals surface area contributed by atoms with Crippen LogP contribution >= 0.6 is 8.25 Å². The zero-order valence-electron chi connectivity index (χ0n) is 10.4. The summed E-state index contributed by atoms with van der Waals surface area (Å²) in [6.07, 6.45) is 1.20. The zero-order valence-corrected chi connectivity index (χ0v) is 11.3. The van der Waals surface area contributed by atoms with Crippen molar-refractivity contribution in [1.29, 1.82) is 0 Å². The Morgan fingerprint density at radius 2 is 2.00 bits per heavy atom. The normalized spacial score (nSPS) is 14.7. The molecule has 1 unspecified atom stereocenters. The van der Waals surface area contributed by atoms with Crippen molar-refractivity contribution in [3.8, 4) is 11.5 Å². The molecule has 0 amide bonds. The Bertz CT molecular complexity index is 456. The fourth-order valence-electron chi connectivity index (χ4n) is 2.17. The molecule has 0 radical (unpaired) electrons. The highest BCUT2D eigenvalue weighted by Gasteiger charge is 2.39. The summed E-state index contributed by atoms with van der Waals surface area (Å²) in [5, 5.41) is 0. The fraction of sp³-hybridized carbons (Fsp3) is 0.500. The van der Waals surface area contributed by atoms with E-state index in [2.05, 4.69) is 0 Å². The standard InChI is InChI=1S/C12H15O5P/c1-3-12(4-2,17-18(13)14)9-5-6-10-11(7-9)16-8-15-10/h5-7H,3-4,8H2,1-2H3/p+1. The molecule has 6 heteroatoms. The molecule has 1 aliphatic heterocycles. The quantitative estimate of drug-likeness (QED) is 0.833. The van der Waals surface area contributed by atoms with Gasteiger partial charge in [-0.15, -0.1) is 9.42 Å². The molecule has 0 spiro atoms. The van der Waals surface area contributed by atoms with E-state index in [4.69, 9.17) is 18.9 Å². The van der Waals surface area contributed by atoms with E-state index in [9.17, 15) is 4.57 Å². The van der Waals surface area contributed by atoms with Crippen LogP contribution in [0, 0.1) is 0 Å². The highest BCUT2D eigenvalue weighted by atomic mass is 31.1. The summed E-state index contributed by atoms with van der Waals surface area (Å²) in [5.74, 6) is 1.34. The van der Waals surface area contributed by atoms with Gasteiger partial charge >= 0.3 is 8.25 Å². The first-order chi connectivity index (χ1) is 8.61. The summed E-state index contributed by atoms with van der Waals surface area (Å²) in [5.41, 5.74) is 0.0672. The van der Waals surface area contributed by atoms with E-state index in [0.29, 0.717) is 24.3 Å². The van der Waals surface area contributed by atoms with Gasteiger partial charge in [-0.25, -0.2) is 0 Å². The van der Waals surface area contributed by atoms with Crippen molar-refractivity contribution in [1.82, 2.24) is 0 Å². The zero-order chi connectivity index (χ0) is 13.2. The third-order valence-electron chi connectivity index (χ3n) is 3.29. The van der Waals surface area contributed by atoms with Gasteiger partial charge in [0.05, 0.1) is 0 Å². The molecule has 98 valence electrons. The summed E-state index contributed by atoms with van der Waals surface area (Å²) in [7, 11) is -2.65. The number of benzene rings is 1.